The van der Waals surface area contributed by atoms with Crippen LogP contribution in [0.15, 0.2) is 76.9 Å². The molecule has 1 aliphatic rings. The summed E-state index contributed by atoms with van der Waals surface area (Å²) in [5.74, 6) is -1.41. The number of methoxy groups -OCH3 is 1. The molecular formula is C31H41NO4. The molecule has 0 saturated heterocycles. The molecule has 1 aromatic carbocycles. The fraction of sp³-hybridized carbons (Fsp3) is 0.419. The predicted octanol–water partition coefficient (Wildman–Crippen LogP) is 7.74. The maximum absolute atomic E-state index is 12.5. The molecule has 5 heteroatoms. The lowest BCUT2D eigenvalue weighted by atomic mass is 9.72. The highest BCUT2D eigenvalue weighted by Crippen LogP contribution is 2.40. The maximum atomic E-state index is 12.5. The molecule has 1 aliphatic carbocycles. The van der Waals surface area contributed by atoms with Crippen molar-refractivity contribution in [2.45, 2.75) is 73.1 Å². The van der Waals surface area contributed by atoms with Gasteiger partial charge in [-0.05, 0) is 81.2 Å². The number of hydrogen-bond acceptors (Lipinski definition) is 3. The standard InChI is InChI=1S/C31H41NO4/c1-8-25(30(34)35)26-20-24(15-17-28(26)36-7)32-29(33)19-22(3)12-9-11-21(2)14-16-27-23(4)13-10-18-31(27,5)6/h9,11-12,14-17,19-20,25H,8,10,13,18H2,1-7H3,(H,32,33)(H,34,35)/b12-9+,16-14+,21-11+,22-19+. The fourth-order valence-electron chi connectivity index (χ4n) is 4.68. The van der Waals surface area contributed by atoms with Crippen molar-refractivity contribution in [1.29, 1.82) is 0 Å². The Labute approximate surface area is 216 Å². The average Bonchev–Trinajstić information content (AvgIpc) is 2.78. The summed E-state index contributed by atoms with van der Waals surface area (Å²) in [5, 5.41) is 12.3. The van der Waals surface area contributed by atoms with Crippen molar-refractivity contribution in [1.82, 2.24) is 0 Å². The summed E-state index contributed by atoms with van der Waals surface area (Å²) in [7, 11) is 1.51. The number of ether oxygens (including phenoxy) is 1. The van der Waals surface area contributed by atoms with E-state index < -0.39 is 11.9 Å². The van der Waals surface area contributed by atoms with Crippen LogP contribution in [-0.2, 0) is 9.59 Å². The molecule has 0 aromatic heterocycles. The van der Waals surface area contributed by atoms with E-state index in [0.29, 0.717) is 23.4 Å². The number of carbonyl (C=O) groups is 2. The zero-order chi connectivity index (χ0) is 26.9. The molecule has 1 aromatic rings. The van der Waals surface area contributed by atoms with E-state index in [1.54, 1.807) is 18.2 Å². The minimum absolute atomic E-state index is 0.220. The Hall–Kier alpha value is -3.34. The number of anilines is 1. The number of carboxylic acids is 1. The van der Waals surface area contributed by atoms with Crippen LogP contribution in [0.2, 0.25) is 0 Å². The molecule has 0 saturated carbocycles. The monoisotopic (exact) mass is 491 g/mol. The number of nitrogens with one attached hydrogen (secondary N) is 1. The van der Waals surface area contributed by atoms with E-state index in [4.69, 9.17) is 4.74 Å². The first-order valence-corrected chi connectivity index (χ1v) is 12.6. The van der Waals surface area contributed by atoms with Gasteiger partial charge in [0.1, 0.15) is 5.75 Å². The molecule has 0 fully saturated rings. The number of benzene rings is 1. The second-order valence-electron chi connectivity index (χ2n) is 10.2. The van der Waals surface area contributed by atoms with E-state index in [2.05, 4.69) is 45.2 Å². The van der Waals surface area contributed by atoms with Crippen LogP contribution in [0.3, 0.4) is 0 Å². The summed E-state index contributed by atoms with van der Waals surface area (Å²) >= 11 is 0. The van der Waals surface area contributed by atoms with E-state index >= 15 is 0 Å². The molecule has 2 rings (SSSR count). The van der Waals surface area contributed by atoms with Crippen LogP contribution in [0, 0.1) is 5.41 Å². The van der Waals surface area contributed by atoms with Crippen LogP contribution in [0.5, 0.6) is 5.75 Å². The Morgan fingerprint density at radius 1 is 1.19 bits per heavy atom. The van der Waals surface area contributed by atoms with Crippen molar-refractivity contribution in [3.05, 3.63) is 82.5 Å². The fourth-order valence-corrected chi connectivity index (χ4v) is 4.68. The molecule has 1 amide bonds. The Bertz CT molecular complexity index is 1120. The zero-order valence-corrected chi connectivity index (χ0v) is 22.8. The first-order chi connectivity index (χ1) is 17.0. The quantitative estimate of drug-likeness (QED) is 0.259. The van der Waals surface area contributed by atoms with E-state index in [-0.39, 0.29) is 11.3 Å². The minimum atomic E-state index is -0.923. The van der Waals surface area contributed by atoms with E-state index in [0.717, 1.165) is 11.1 Å². The number of aliphatic carboxylic acids is 1. The summed E-state index contributed by atoms with van der Waals surface area (Å²) < 4.78 is 5.32. The van der Waals surface area contributed by atoms with E-state index in [1.165, 1.54) is 43.6 Å². The van der Waals surface area contributed by atoms with Gasteiger partial charge < -0.3 is 15.2 Å². The SMILES string of the molecule is CCC(C(=O)O)c1cc(NC(=O)/C=C(C)/C=C/C=C(C)/C=C/C2=C(C)CCCC2(C)C)ccc1OC. The lowest BCUT2D eigenvalue weighted by Crippen LogP contribution is -2.19. The van der Waals surface area contributed by atoms with Gasteiger partial charge in [-0.1, -0.05) is 62.3 Å². The van der Waals surface area contributed by atoms with Crippen LogP contribution < -0.4 is 10.1 Å². The second kappa shape index (κ2) is 13.1. The number of amides is 1. The first-order valence-electron chi connectivity index (χ1n) is 12.6. The predicted molar refractivity (Wildman–Crippen MR) is 148 cm³/mol. The van der Waals surface area contributed by atoms with Crippen LogP contribution in [0.4, 0.5) is 5.69 Å². The number of carbonyl (C=O) groups excluding carboxylic acids is 1. The molecule has 1 unspecified atom stereocenters. The highest BCUT2D eigenvalue weighted by molar-refractivity contribution is 6.00. The summed E-state index contributed by atoms with van der Waals surface area (Å²) in [4.78, 5) is 24.1. The summed E-state index contributed by atoms with van der Waals surface area (Å²) in [6, 6.07) is 5.05. The van der Waals surface area contributed by atoms with Crippen LogP contribution >= 0.6 is 0 Å². The lowest BCUT2D eigenvalue weighted by molar-refractivity contribution is -0.138. The van der Waals surface area contributed by atoms with Crippen LogP contribution in [0.25, 0.3) is 0 Å². The Balaban J connectivity index is 2.07. The molecule has 0 spiro atoms. The molecule has 0 heterocycles. The first kappa shape index (κ1) is 28.9. The van der Waals surface area contributed by atoms with Crippen molar-refractivity contribution in [3.63, 3.8) is 0 Å². The van der Waals surface area contributed by atoms with Gasteiger partial charge in [0.2, 0.25) is 5.91 Å². The van der Waals surface area contributed by atoms with Crippen molar-refractivity contribution in [3.8, 4) is 5.75 Å². The molecule has 2 N–H and O–H groups in total. The third-order valence-electron chi connectivity index (χ3n) is 6.71. The van der Waals surface area contributed by atoms with Gasteiger partial charge in [-0.25, -0.2) is 0 Å². The van der Waals surface area contributed by atoms with Crippen molar-refractivity contribution >= 4 is 17.6 Å². The average molecular weight is 492 g/mol. The van der Waals surface area contributed by atoms with Crippen molar-refractivity contribution in [2.75, 3.05) is 12.4 Å². The van der Waals surface area contributed by atoms with Crippen LogP contribution in [-0.4, -0.2) is 24.1 Å². The van der Waals surface area contributed by atoms with Gasteiger partial charge in [-0.2, -0.15) is 0 Å². The molecule has 0 bridgehead atoms. The van der Waals surface area contributed by atoms with Crippen LogP contribution in [0.1, 0.15) is 78.7 Å². The molecule has 36 heavy (non-hydrogen) atoms. The van der Waals surface area contributed by atoms with E-state index in [1.807, 2.05) is 32.1 Å². The molecule has 194 valence electrons. The summed E-state index contributed by atoms with van der Waals surface area (Å²) in [6.07, 6.45) is 15.9. The highest BCUT2D eigenvalue weighted by Gasteiger charge is 2.26. The van der Waals surface area contributed by atoms with Gasteiger partial charge in [0.15, 0.2) is 0 Å². The van der Waals surface area contributed by atoms with E-state index in [9.17, 15) is 14.7 Å². The maximum Gasteiger partial charge on any atom is 0.311 e. The smallest absolute Gasteiger partial charge is 0.311 e. The Kier molecular flexibility index (Phi) is 10.5. The third kappa shape index (κ3) is 8.11. The second-order valence-corrected chi connectivity index (χ2v) is 10.2. The Morgan fingerprint density at radius 2 is 1.92 bits per heavy atom. The molecule has 0 aliphatic heterocycles. The molecule has 1 atom stereocenters. The van der Waals surface area contributed by atoms with Gasteiger partial charge in [-0.15, -0.1) is 0 Å². The van der Waals surface area contributed by atoms with Gasteiger partial charge in [0.25, 0.3) is 0 Å². The van der Waals surface area contributed by atoms with Crippen molar-refractivity contribution < 1.29 is 19.4 Å². The number of carboxylic acid groups (broad SMARTS) is 1. The third-order valence-corrected chi connectivity index (χ3v) is 6.71. The summed E-state index contributed by atoms with van der Waals surface area (Å²) in [5.41, 5.74) is 6.15. The number of allylic oxidation sites excluding steroid dienone is 9. The minimum Gasteiger partial charge on any atom is -0.496 e. The van der Waals surface area contributed by atoms with Gasteiger partial charge in [0, 0.05) is 17.3 Å². The highest BCUT2D eigenvalue weighted by atomic mass is 16.5. The van der Waals surface area contributed by atoms with Gasteiger partial charge in [0.05, 0.1) is 13.0 Å². The molecule has 5 nitrogen and oxygen atoms in total. The van der Waals surface area contributed by atoms with Crippen molar-refractivity contribution in [2.24, 2.45) is 5.41 Å². The Morgan fingerprint density at radius 3 is 2.53 bits per heavy atom. The molecular weight excluding hydrogens is 450 g/mol. The number of rotatable bonds is 10. The largest absolute Gasteiger partial charge is 0.496 e. The zero-order valence-electron chi connectivity index (χ0n) is 22.8. The number of hydrogen-bond donors (Lipinski definition) is 2. The van der Waals surface area contributed by atoms with Gasteiger partial charge in [-0.3, -0.25) is 9.59 Å². The topological polar surface area (TPSA) is 75.6 Å². The normalized spacial score (nSPS) is 17.5. The lowest BCUT2D eigenvalue weighted by Gasteiger charge is -2.32. The summed E-state index contributed by atoms with van der Waals surface area (Å²) in [6.45, 7) is 12.6. The van der Waals surface area contributed by atoms with Gasteiger partial charge >= 0.3 is 5.97 Å². The molecule has 0 radical (unpaired) electrons.